The molecule has 0 aromatic rings. The minimum Gasteiger partial charge on any atom is -0.466 e. The lowest BCUT2D eigenvalue weighted by Crippen LogP contribution is -2.36. The monoisotopic (exact) mass is 797 g/mol. The van der Waals surface area contributed by atoms with Gasteiger partial charge in [0.05, 0.1) is 19.6 Å². The van der Waals surface area contributed by atoms with Crippen LogP contribution < -0.4 is 5.32 Å². The number of nitrogens with one attached hydrogen (secondary N) is 1. The van der Waals surface area contributed by atoms with Gasteiger partial charge in [0, 0.05) is 25.4 Å². The van der Waals surface area contributed by atoms with Crippen LogP contribution in [0, 0.1) is 11.8 Å². The Morgan fingerprint density at radius 2 is 1.12 bits per heavy atom. The van der Waals surface area contributed by atoms with E-state index in [1.54, 1.807) is 0 Å². The molecule has 0 bridgehead atoms. The van der Waals surface area contributed by atoms with E-state index in [9.17, 15) is 14.4 Å². The molecule has 0 aromatic carbocycles. The maximum atomic E-state index is 12.9. The van der Waals surface area contributed by atoms with Crippen molar-refractivity contribution < 1.29 is 23.9 Å². The summed E-state index contributed by atoms with van der Waals surface area (Å²) in [6, 6.07) is 0.295. The average molecular weight is 797 g/mol. The first-order valence-corrected chi connectivity index (χ1v) is 24.1. The summed E-state index contributed by atoms with van der Waals surface area (Å²) < 4.78 is 11.0. The maximum absolute atomic E-state index is 12.9. The Morgan fingerprint density at radius 1 is 0.649 bits per heavy atom. The molecule has 0 saturated carbocycles. The van der Waals surface area contributed by atoms with Gasteiger partial charge >= 0.3 is 11.9 Å². The molecule has 1 amide bonds. The number of nitrogens with zero attached hydrogens (tertiary/aromatic N) is 1. The van der Waals surface area contributed by atoms with E-state index in [4.69, 9.17) is 9.47 Å². The molecule has 328 valence electrons. The van der Waals surface area contributed by atoms with Gasteiger partial charge in [0.1, 0.15) is 0 Å². The minimum atomic E-state index is -0.115. The third kappa shape index (κ3) is 34.1. The molecular weight excluding hydrogens is 709 g/mol. The number of esters is 2. The number of likely N-dealkylation sites (tertiary alicyclic amines) is 1. The summed E-state index contributed by atoms with van der Waals surface area (Å²) >= 11 is 0. The second kappa shape index (κ2) is 38.9. The molecule has 1 heterocycles. The summed E-state index contributed by atoms with van der Waals surface area (Å²) in [5.74, 6) is 0.653. The quantitative estimate of drug-likeness (QED) is 0.0379. The van der Waals surface area contributed by atoms with Crippen LogP contribution in [0.2, 0.25) is 0 Å². The van der Waals surface area contributed by atoms with Crippen LogP contribution in [0.15, 0.2) is 29.8 Å². The van der Waals surface area contributed by atoms with Gasteiger partial charge in [-0.15, -0.1) is 0 Å². The molecule has 57 heavy (non-hydrogen) atoms. The van der Waals surface area contributed by atoms with Gasteiger partial charge in [-0.05, 0) is 88.3 Å². The lowest BCUT2D eigenvalue weighted by atomic mass is 9.98. The fraction of sp³-hybridized carbons (Fsp3) is 0.840. The molecule has 1 aliphatic rings. The molecule has 3 unspecified atom stereocenters. The van der Waals surface area contributed by atoms with Gasteiger partial charge in [0.2, 0.25) is 5.91 Å². The van der Waals surface area contributed by atoms with Crippen LogP contribution in [-0.4, -0.2) is 61.6 Å². The van der Waals surface area contributed by atoms with Crippen molar-refractivity contribution in [3.63, 3.8) is 0 Å². The Bertz CT molecular complexity index is 1110. The van der Waals surface area contributed by atoms with Crippen LogP contribution in [0.5, 0.6) is 0 Å². The number of ether oxygens (including phenoxy) is 2. The minimum absolute atomic E-state index is 0.0251. The Morgan fingerprint density at radius 3 is 1.65 bits per heavy atom. The van der Waals surface area contributed by atoms with E-state index in [0.717, 1.165) is 83.8 Å². The molecule has 0 spiro atoms. The number of hydrogen-bond donors (Lipinski definition) is 1. The van der Waals surface area contributed by atoms with E-state index >= 15 is 0 Å². The summed E-state index contributed by atoms with van der Waals surface area (Å²) in [6.45, 7) is 14.3. The Kier molecular flexibility index (Phi) is 35.8. The summed E-state index contributed by atoms with van der Waals surface area (Å²) in [4.78, 5) is 39.8. The van der Waals surface area contributed by atoms with Crippen LogP contribution in [0.25, 0.3) is 0 Å². The van der Waals surface area contributed by atoms with Crippen molar-refractivity contribution in [1.29, 1.82) is 0 Å². The van der Waals surface area contributed by atoms with E-state index in [1.807, 2.05) is 6.08 Å². The Hall–Kier alpha value is -2.55. The molecule has 1 rings (SSSR count). The average Bonchev–Trinajstić information content (AvgIpc) is 3.72. The van der Waals surface area contributed by atoms with Gasteiger partial charge < -0.3 is 19.7 Å². The summed E-state index contributed by atoms with van der Waals surface area (Å²) in [5.41, 5.74) is 8.27. The SMILES string of the molecule is C=C=C=C=CC(CCCCC)CC(=O)OCCCCCCCCCCC(CCCCCCCCCCOC(=O)CC(C)CCCCC)NC(=O)CCN1CCCC1. The molecular formula is C50H88N2O5. The molecule has 0 radical (unpaired) electrons. The van der Waals surface area contributed by atoms with E-state index in [2.05, 4.69) is 54.8 Å². The first-order chi connectivity index (χ1) is 27.9. The number of allylic oxidation sites excluding steroid dienone is 1. The molecule has 1 saturated heterocycles. The number of carbonyl (C=O) groups excluding carboxylic acids is 3. The van der Waals surface area contributed by atoms with Crippen LogP contribution in [-0.2, 0) is 23.9 Å². The van der Waals surface area contributed by atoms with Gasteiger partial charge in [-0.25, -0.2) is 0 Å². The predicted octanol–water partition coefficient (Wildman–Crippen LogP) is 12.9. The standard InChI is InChI=1S/C50H88N2O5/c1-5-8-23-32-45(4)43-49(54)56-41-30-21-17-13-11-15-19-26-35-47(51-48(53)37-40-52-38-28-29-39-52)36-27-20-16-12-14-18-22-31-42-57-50(55)44-46(33-24-9-6-2)34-25-10-7-3/h33,45-47H,2,5,7-8,10-23,25-32,34-44H2,1,3-4H3,(H,51,53). The largest absolute Gasteiger partial charge is 0.466 e. The first kappa shape index (κ1) is 52.5. The van der Waals surface area contributed by atoms with Gasteiger partial charge in [0.15, 0.2) is 0 Å². The van der Waals surface area contributed by atoms with Crippen LogP contribution in [0.1, 0.15) is 220 Å². The fourth-order valence-electron chi connectivity index (χ4n) is 7.91. The highest BCUT2D eigenvalue weighted by molar-refractivity contribution is 5.76. The van der Waals surface area contributed by atoms with Crippen LogP contribution in [0.4, 0.5) is 0 Å². The number of unbranched alkanes of at least 4 members (excludes halogenated alkanes) is 18. The fourth-order valence-corrected chi connectivity index (χ4v) is 7.91. The third-order valence-corrected chi connectivity index (χ3v) is 11.5. The van der Waals surface area contributed by atoms with Crippen molar-refractivity contribution in [3.05, 3.63) is 29.8 Å². The van der Waals surface area contributed by atoms with E-state index in [-0.39, 0.29) is 23.8 Å². The molecule has 3 atom stereocenters. The molecule has 1 N–H and O–H groups in total. The smallest absolute Gasteiger partial charge is 0.306 e. The lowest BCUT2D eigenvalue weighted by Gasteiger charge is -2.20. The third-order valence-electron chi connectivity index (χ3n) is 11.5. The number of hydrogen-bond acceptors (Lipinski definition) is 6. The summed E-state index contributed by atoms with van der Waals surface area (Å²) in [5, 5.41) is 3.42. The van der Waals surface area contributed by atoms with Crippen LogP contribution >= 0.6 is 0 Å². The summed E-state index contributed by atoms with van der Waals surface area (Å²) in [7, 11) is 0. The summed E-state index contributed by atoms with van der Waals surface area (Å²) in [6.07, 6.45) is 36.2. The highest BCUT2D eigenvalue weighted by Crippen LogP contribution is 2.19. The van der Waals surface area contributed by atoms with Gasteiger partial charge in [-0.2, -0.15) is 0 Å². The zero-order valence-corrected chi connectivity index (χ0v) is 37.5. The molecule has 0 aromatic heterocycles. The van der Waals surface area contributed by atoms with Crippen molar-refractivity contribution in [2.24, 2.45) is 11.8 Å². The number of carbonyl (C=O) groups is 3. The second-order valence-electron chi connectivity index (χ2n) is 17.1. The number of amides is 1. The van der Waals surface area contributed by atoms with Crippen molar-refractivity contribution >= 4 is 17.8 Å². The highest BCUT2D eigenvalue weighted by atomic mass is 16.5. The van der Waals surface area contributed by atoms with Crippen molar-refractivity contribution in [2.45, 2.75) is 226 Å². The Labute approximate surface area is 351 Å². The molecule has 1 fully saturated rings. The van der Waals surface area contributed by atoms with Gasteiger partial charge in [0.25, 0.3) is 0 Å². The predicted molar refractivity (Wildman–Crippen MR) is 238 cm³/mol. The van der Waals surface area contributed by atoms with E-state index < -0.39 is 0 Å². The van der Waals surface area contributed by atoms with Gasteiger partial charge in [-0.3, -0.25) is 14.4 Å². The van der Waals surface area contributed by atoms with Crippen LogP contribution in [0.3, 0.4) is 0 Å². The van der Waals surface area contributed by atoms with E-state index in [1.165, 1.54) is 116 Å². The topological polar surface area (TPSA) is 84.9 Å². The second-order valence-corrected chi connectivity index (χ2v) is 17.1. The molecule has 7 heteroatoms. The van der Waals surface area contributed by atoms with Crippen molar-refractivity contribution in [2.75, 3.05) is 32.8 Å². The zero-order chi connectivity index (χ0) is 41.4. The molecule has 1 aliphatic heterocycles. The van der Waals surface area contributed by atoms with E-state index in [0.29, 0.717) is 44.4 Å². The normalized spacial score (nSPS) is 14.2. The highest BCUT2D eigenvalue weighted by Gasteiger charge is 2.16. The van der Waals surface area contributed by atoms with Crippen molar-refractivity contribution in [3.8, 4) is 0 Å². The lowest BCUT2D eigenvalue weighted by molar-refractivity contribution is -0.145. The zero-order valence-electron chi connectivity index (χ0n) is 37.5. The first-order valence-electron chi connectivity index (χ1n) is 24.1. The Balaban J connectivity index is 2.19. The maximum Gasteiger partial charge on any atom is 0.306 e. The number of rotatable bonds is 39. The van der Waals surface area contributed by atoms with Gasteiger partial charge in [-0.1, -0.05) is 167 Å². The van der Waals surface area contributed by atoms with Crippen molar-refractivity contribution in [1.82, 2.24) is 10.2 Å². The molecule has 0 aliphatic carbocycles. The molecule has 7 nitrogen and oxygen atoms in total.